The summed E-state index contributed by atoms with van der Waals surface area (Å²) >= 11 is 0. The van der Waals surface area contributed by atoms with Gasteiger partial charge in [0.05, 0.1) is 0 Å². The van der Waals surface area contributed by atoms with Gasteiger partial charge in [-0.05, 0) is 0 Å². The van der Waals surface area contributed by atoms with E-state index in [2.05, 4.69) is 0 Å². The molecule has 1 heteroatoms. The van der Waals surface area contributed by atoms with Crippen LogP contribution in [0.2, 0.25) is 0 Å². The van der Waals surface area contributed by atoms with Gasteiger partial charge in [-0.15, -0.1) is 0 Å². The minimum atomic E-state index is 0. The van der Waals surface area contributed by atoms with Crippen LogP contribution in [0.3, 0.4) is 0 Å². The van der Waals surface area contributed by atoms with Gasteiger partial charge in [0.1, 0.15) is 0 Å². The van der Waals surface area contributed by atoms with Crippen molar-refractivity contribution in [3.8, 4) is 0 Å². The van der Waals surface area contributed by atoms with Crippen molar-refractivity contribution in [3.63, 3.8) is 0 Å². The Morgan fingerprint density at radius 2 is 1.17 bits per heavy atom. The predicted octanol–water partition coefficient (Wildman–Crippen LogP) is 1.32. The molecule has 0 nitrogen and oxygen atoms in total. The molecule has 0 fully saturated rings. The normalized spacial score (nSPS) is 14.7. The van der Waals surface area contributed by atoms with Gasteiger partial charge in [0.2, 0.25) is 0 Å². The first kappa shape index (κ1) is 6.77. The zero-order valence-corrected chi connectivity index (χ0v) is 5.36. The summed E-state index contributed by atoms with van der Waals surface area (Å²) in [4.78, 5) is 0. The first-order valence-electron chi connectivity index (χ1n) is 1.67. The van der Waals surface area contributed by atoms with Gasteiger partial charge < -0.3 is 0 Å². The molecule has 0 atom stereocenters. The summed E-state index contributed by atoms with van der Waals surface area (Å²) in [7, 11) is 0. The van der Waals surface area contributed by atoms with Crippen molar-refractivity contribution in [2.75, 3.05) is 0 Å². The topological polar surface area (TPSA) is 0 Å². The Morgan fingerprint density at radius 1 is 0.667 bits per heavy atom. The molecule has 2 radical (unpaired) electrons. The van der Waals surface area contributed by atoms with Gasteiger partial charge in [-0.3, -0.25) is 0 Å². The Morgan fingerprint density at radius 3 is 1.33 bits per heavy atom. The van der Waals surface area contributed by atoms with Crippen molar-refractivity contribution >= 4 is 0 Å². The Bertz CT molecular complexity index is 62.0. The van der Waals surface area contributed by atoms with Crippen molar-refractivity contribution in [2.45, 2.75) is 0 Å². The standard InChI is InChI=1S/C5H5.Tb/c1-2-4-5-3-1;/h1-5H;. The van der Waals surface area contributed by atoms with Crippen LogP contribution in [0.1, 0.15) is 0 Å². The molecule has 0 saturated carbocycles. The van der Waals surface area contributed by atoms with Crippen molar-refractivity contribution in [1.29, 1.82) is 0 Å². The smallest absolute Gasteiger partial charge is 0.00506 e. The summed E-state index contributed by atoms with van der Waals surface area (Å²) in [6.07, 6.45) is 10.0. The van der Waals surface area contributed by atoms with E-state index in [1.54, 1.807) is 0 Å². The maximum atomic E-state index is 2.00. The average Bonchev–Trinajstić information content (AvgIpc) is 1.76. The molecule has 0 heterocycles. The van der Waals surface area contributed by atoms with E-state index in [-0.39, 0.29) is 38.6 Å². The average molecular weight is 224 g/mol. The molecule has 6 heavy (non-hydrogen) atoms. The molecule has 0 N–H and O–H groups in total. The largest absolute Gasteiger partial charge is 0.0767 e. The molecule has 0 unspecified atom stereocenters. The quantitative estimate of drug-likeness (QED) is 0.582. The molecule has 0 amide bonds. The van der Waals surface area contributed by atoms with Crippen LogP contribution >= 0.6 is 0 Å². The fraction of sp³-hybridized carbons (Fsp3) is 0. The molecule has 0 aromatic heterocycles. The Balaban J connectivity index is 0.000000250. The summed E-state index contributed by atoms with van der Waals surface area (Å²) in [5, 5.41) is 0. The monoisotopic (exact) mass is 224 g/mol. The first-order valence-corrected chi connectivity index (χ1v) is 1.67. The van der Waals surface area contributed by atoms with Crippen LogP contribution in [-0.4, -0.2) is 0 Å². The molecule has 0 spiro atoms. The van der Waals surface area contributed by atoms with E-state index in [9.17, 15) is 0 Å². The number of hydrogen-bond donors (Lipinski definition) is 0. The van der Waals surface area contributed by atoms with Crippen LogP contribution in [0.5, 0.6) is 0 Å². The van der Waals surface area contributed by atoms with E-state index in [0.29, 0.717) is 0 Å². The van der Waals surface area contributed by atoms with Gasteiger partial charge in [0, 0.05) is 45.0 Å². The third-order valence-electron chi connectivity index (χ3n) is 0.556. The van der Waals surface area contributed by atoms with Crippen molar-refractivity contribution in [1.82, 2.24) is 0 Å². The summed E-state index contributed by atoms with van der Waals surface area (Å²) in [6, 6.07) is 0. The molecule has 1 aliphatic carbocycles. The molecule has 0 saturated heterocycles. The maximum absolute atomic E-state index is 2.00. The molecule has 1 rings (SSSR count). The van der Waals surface area contributed by atoms with E-state index >= 15 is 0 Å². The van der Waals surface area contributed by atoms with E-state index in [1.807, 2.05) is 30.7 Å². The SMILES string of the molecule is [CH]1C=CC=C1.[Tb]. The molecule has 1 aliphatic rings. The second kappa shape index (κ2) is 3.94. The van der Waals surface area contributed by atoms with Crippen molar-refractivity contribution in [3.05, 3.63) is 30.7 Å². The van der Waals surface area contributed by atoms with E-state index in [1.165, 1.54) is 0 Å². The van der Waals surface area contributed by atoms with Crippen LogP contribution in [0.4, 0.5) is 0 Å². The third kappa shape index (κ3) is 2.03. The van der Waals surface area contributed by atoms with Crippen LogP contribution in [-0.2, 0) is 0 Å². The Labute approximate surface area is 68.8 Å². The molecule has 0 aromatic rings. The molecular formula is C5H5Tb. The molecule has 34 valence electrons. The summed E-state index contributed by atoms with van der Waals surface area (Å²) < 4.78 is 0. The number of allylic oxidation sites excluding steroid dienone is 4. The zero-order chi connectivity index (χ0) is 3.54. The maximum Gasteiger partial charge on any atom is 0.00506 e. The minimum absolute atomic E-state index is 0. The number of hydrogen-bond acceptors (Lipinski definition) is 0. The fourth-order valence-electron chi connectivity index (χ4n) is 0.321. The second-order valence-electron chi connectivity index (χ2n) is 0.962. The summed E-state index contributed by atoms with van der Waals surface area (Å²) in [5.41, 5.74) is 0. The van der Waals surface area contributed by atoms with E-state index in [0.717, 1.165) is 0 Å². The van der Waals surface area contributed by atoms with Gasteiger partial charge in [-0.1, -0.05) is 24.3 Å². The minimum Gasteiger partial charge on any atom is -0.0767 e. The van der Waals surface area contributed by atoms with E-state index in [4.69, 9.17) is 0 Å². The molecule has 0 aromatic carbocycles. The summed E-state index contributed by atoms with van der Waals surface area (Å²) in [6.45, 7) is 0. The predicted molar refractivity (Wildman–Crippen MR) is 22.6 cm³/mol. The van der Waals surface area contributed by atoms with Gasteiger partial charge in [-0.25, -0.2) is 0 Å². The van der Waals surface area contributed by atoms with Crippen LogP contribution < -0.4 is 0 Å². The van der Waals surface area contributed by atoms with Gasteiger partial charge >= 0.3 is 0 Å². The van der Waals surface area contributed by atoms with Crippen molar-refractivity contribution < 1.29 is 38.6 Å². The molecule has 0 aliphatic heterocycles. The third-order valence-corrected chi connectivity index (χ3v) is 0.556. The molecule has 0 bridgehead atoms. The van der Waals surface area contributed by atoms with Crippen LogP contribution in [0.25, 0.3) is 0 Å². The zero-order valence-electron chi connectivity index (χ0n) is 3.22. The summed E-state index contributed by atoms with van der Waals surface area (Å²) in [5.74, 6) is 0. The Kier molecular flexibility index (Phi) is 4.44. The Hall–Kier alpha value is 0.766. The fourth-order valence-corrected chi connectivity index (χ4v) is 0.321. The van der Waals surface area contributed by atoms with Crippen LogP contribution in [0.15, 0.2) is 24.3 Å². The second-order valence-corrected chi connectivity index (χ2v) is 0.962. The van der Waals surface area contributed by atoms with Gasteiger partial charge in [0.15, 0.2) is 0 Å². The van der Waals surface area contributed by atoms with Gasteiger partial charge in [-0.2, -0.15) is 0 Å². The van der Waals surface area contributed by atoms with Gasteiger partial charge in [0.25, 0.3) is 0 Å². The first-order chi connectivity index (χ1) is 2.50. The number of rotatable bonds is 0. The van der Waals surface area contributed by atoms with E-state index < -0.39 is 0 Å². The molecular weight excluding hydrogens is 219 g/mol. The van der Waals surface area contributed by atoms with Crippen LogP contribution in [0, 0.1) is 45.0 Å². The van der Waals surface area contributed by atoms with Crippen molar-refractivity contribution in [2.24, 2.45) is 0 Å².